The summed E-state index contributed by atoms with van der Waals surface area (Å²) in [5.41, 5.74) is 41.0. The molecule has 0 spiro atoms. The van der Waals surface area contributed by atoms with E-state index < -0.39 is 0 Å². The van der Waals surface area contributed by atoms with Crippen molar-refractivity contribution in [2.75, 3.05) is 0 Å². The summed E-state index contributed by atoms with van der Waals surface area (Å²) in [6.45, 7) is 0. The van der Waals surface area contributed by atoms with Crippen molar-refractivity contribution in [2.45, 2.75) is 0 Å². The third-order valence-electron chi connectivity index (χ3n) is 28.2. The maximum Gasteiger partial charge on any atom is 0.0619 e. The van der Waals surface area contributed by atoms with Gasteiger partial charge in [-0.3, -0.25) is 0 Å². The van der Waals surface area contributed by atoms with E-state index in [0.717, 1.165) is 28.3 Å². The van der Waals surface area contributed by atoms with Crippen molar-refractivity contribution in [2.24, 2.45) is 0 Å². The third-order valence-corrected chi connectivity index (χ3v) is 28.2. The summed E-state index contributed by atoms with van der Waals surface area (Å²) in [4.78, 5) is 0. The summed E-state index contributed by atoms with van der Waals surface area (Å²) < 4.78 is 9.85. The predicted molar refractivity (Wildman–Crippen MR) is 541 cm³/mol. The van der Waals surface area contributed by atoms with E-state index in [1.54, 1.807) is 0 Å². The predicted octanol–water partition coefficient (Wildman–Crippen LogP) is 33.7. The zero-order chi connectivity index (χ0) is 83.5. The van der Waals surface area contributed by atoms with Crippen LogP contribution in [0.4, 0.5) is 0 Å². The van der Waals surface area contributed by atoms with Crippen LogP contribution >= 0.6 is 0 Å². The number of benzene rings is 22. The fraction of sp³-hybridized carbons (Fsp3) is 0. The van der Waals surface area contributed by atoms with Crippen LogP contribution in [0.1, 0.15) is 0 Å². The first kappa shape index (κ1) is 70.6. The van der Waals surface area contributed by atoms with E-state index >= 15 is 0 Å². The van der Waals surface area contributed by atoms with Crippen molar-refractivity contribution in [1.82, 2.24) is 18.3 Å². The second kappa shape index (κ2) is 27.3. The highest BCUT2D eigenvalue weighted by Crippen LogP contribution is 2.55. The number of hydrogen-bond donors (Lipinski definition) is 0. The standard InChI is InChI=1S/C124H74N4/c1-3-26-92(27-4-1)125-115-38-15-12-33-100(115)102-59-51-86(73-118(102)125)87-52-60-104-107-61-46-78-21-8-10-32-97(78)124(107)128(120(104)74-87)114-37-14-11-30-95(114)79-42-40-75(41-43-79)82-48-56-98-105-35-18-24-88-65-91(71-113(121(88)105)110(98)67-82)90-66-89-25-19-36-106-109-68-83(49-57-99(109)112(70-90)122(89)106)81-23-17-22-80(64-81)76-44-54-94(55-45-76)126-116-39-16-13-34-101(116)103-58-50-85(72-119(103)126)84-53-63-117-111(69-84)108-62-47-77-20-7-9-31-96(77)123(108)127(117)93-28-5-2-6-29-93/h1-74H. The Kier molecular flexibility index (Phi) is 15.1. The van der Waals surface area contributed by atoms with Gasteiger partial charge >= 0.3 is 0 Å². The largest absolute Gasteiger partial charge is 0.309 e. The molecule has 0 saturated heterocycles. The first-order valence-electron chi connectivity index (χ1n) is 44.4. The molecule has 4 heterocycles. The van der Waals surface area contributed by atoms with E-state index in [9.17, 15) is 0 Å². The van der Waals surface area contributed by atoms with Gasteiger partial charge in [0, 0.05) is 76.5 Å². The maximum atomic E-state index is 2.54. The number of hydrogen-bond acceptors (Lipinski definition) is 0. The highest BCUT2D eigenvalue weighted by Gasteiger charge is 2.29. The SMILES string of the molecule is c1ccc(-n2c3ccccc3c3ccc(-c4ccc5c6ccc7ccccc7c6n(-c6ccccc6-c6ccc(-c7ccc8c(c7)-c7cc(-c9cc%10c%11c(cccc%11c9)-c9cc(-c%11cccc(-c%12ccc(-n%13c%14ccccc%14c%14ccc(-c%15ccc%16c(c%15)c%15ccc%17ccccc%17c%15n%16-c%15ccccc%15)cc%14%13)cc%12)c%11)ccc9-%10)cc9cccc-8c79)cc6)c5c4)cc32)cc1. The molecule has 0 saturated carbocycles. The van der Waals surface area contributed by atoms with Crippen molar-refractivity contribution in [3.63, 3.8) is 0 Å². The third kappa shape index (κ3) is 10.5. The van der Waals surface area contributed by atoms with Crippen molar-refractivity contribution in [3.05, 3.63) is 449 Å². The van der Waals surface area contributed by atoms with Crippen molar-refractivity contribution >= 4 is 130 Å². The van der Waals surface area contributed by atoms with Gasteiger partial charge in [-0.05, 0) is 277 Å². The minimum atomic E-state index is 1.12. The monoisotopic (exact) mass is 1620 g/mol. The first-order chi connectivity index (χ1) is 63.4. The van der Waals surface area contributed by atoms with Crippen LogP contribution in [0.3, 0.4) is 0 Å². The Morgan fingerprint density at radius 2 is 0.477 bits per heavy atom. The summed E-state index contributed by atoms with van der Waals surface area (Å²) in [6.07, 6.45) is 0. The first-order valence-corrected chi connectivity index (χ1v) is 44.4. The highest BCUT2D eigenvalue weighted by molar-refractivity contribution is 6.24. The molecule has 28 rings (SSSR count). The van der Waals surface area contributed by atoms with Gasteiger partial charge < -0.3 is 18.3 Å². The Hall–Kier alpha value is -16.9. The van der Waals surface area contributed by atoms with Crippen molar-refractivity contribution in [1.29, 1.82) is 0 Å². The molecule has 2 aliphatic carbocycles. The molecule has 0 bridgehead atoms. The molecule has 0 fully saturated rings. The molecule has 26 aromatic rings. The fourth-order valence-electron chi connectivity index (χ4n) is 22.3. The minimum Gasteiger partial charge on any atom is -0.309 e. The van der Waals surface area contributed by atoms with Crippen LogP contribution in [-0.2, 0) is 0 Å². The molecule has 0 amide bonds. The second-order valence-electron chi connectivity index (χ2n) is 34.9. The van der Waals surface area contributed by atoms with E-state index in [2.05, 4.69) is 467 Å². The lowest BCUT2D eigenvalue weighted by molar-refractivity contribution is 1.18. The van der Waals surface area contributed by atoms with Gasteiger partial charge in [0.2, 0.25) is 0 Å². The number of nitrogens with zero attached hydrogens (tertiary/aromatic N) is 4. The van der Waals surface area contributed by atoms with Crippen LogP contribution in [0.25, 0.3) is 275 Å². The van der Waals surface area contributed by atoms with Gasteiger partial charge in [-0.1, -0.05) is 322 Å². The molecule has 4 heteroatoms. The maximum absolute atomic E-state index is 2.54. The summed E-state index contributed by atoms with van der Waals surface area (Å²) in [5.74, 6) is 0. The molecule has 0 unspecified atom stereocenters. The molecule has 0 atom stereocenters. The number of aromatic nitrogens is 4. The van der Waals surface area contributed by atoms with Crippen molar-refractivity contribution in [3.8, 4) is 145 Å². The molecule has 0 N–H and O–H groups in total. The van der Waals surface area contributed by atoms with Crippen LogP contribution in [0.2, 0.25) is 0 Å². The highest BCUT2D eigenvalue weighted by atomic mass is 15.0. The summed E-state index contributed by atoms with van der Waals surface area (Å²) in [6, 6.07) is 169. The van der Waals surface area contributed by atoms with E-state index in [0.29, 0.717) is 0 Å². The molecule has 0 aliphatic heterocycles. The summed E-state index contributed by atoms with van der Waals surface area (Å²) in [5, 5.41) is 20.0. The van der Waals surface area contributed by atoms with Crippen LogP contribution in [0.15, 0.2) is 449 Å². The normalized spacial score (nSPS) is 12.2. The Morgan fingerprint density at radius 1 is 0.125 bits per heavy atom. The molecular formula is C124H74N4. The number of rotatable bonds is 11. The molecule has 4 nitrogen and oxygen atoms in total. The number of fused-ring (bicyclic) bond motifs is 22. The van der Waals surface area contributed by atoms with Crippen LogP contribution in [-0.4, -0.2) is 18.3 Å². The van der Waals surface area contributed by atoms with E-state index in [1.807, 2.05) is 0 Å². The van der Waals surface area contributed by atoms with Crippen LogP contribution < -0.4 is 0 Å². The van der Waals surface area contributed by atoms with Gasteiger partial charge in [-0.2, -0.15) is 0 Å². The van der Waals surface area contributed by atoms with Gasteiger partial charge in [0.05, 0.1) is 49.8 Å². The summed E-state index contributed by atoms with van der Waals surface area (Å²) >= 11 is 0. The molecule has 590 valence electrons. The van der Waals surface area contributed by atoms with Gasteiger partial charge in [-0.15, -0.1) is 0 Å². The topological polar surface area (TPSA) is 19.7 Å². The van der Waals surface area contributed by atoms with Gasteiger partial charge in [-0.25, -0.2) is 0 Å². The van der Waals surface area contributed by atoms with Gasteiger partial charge in [0.1, 0.15) is 0 Å². The van der Waals surface area contributed by atoms with Gasteiger partial charge in [0.15, 0.2) is 0 Å². The van der Waals surface area contributed by atoms with E-state index in [-0.39, 0.29) is 0 Å². The molecule has 22 aromatic carbocycles. The smallest absolute Gasteiger partial charge is 0.0619 e. The lowest BCUT2D eigenvalue weighted by Gasteiger charge is -2.16. The molecule has 128 heavy (non-hydrogen) atoms. The van der Waals surface area contributed by atoms with E-state index in [1.165, 1.54) is 247 Å². The molecule has 0 radical (unpaired) electrons. The fourth-order valence-corrected chi connectivity index (χ4v) is 22.3. The van der Waals surface area contributed by atoms with Gasteiger partial charge in [0.25, 0.3) is 0 Å². The number of para-hydroxylation sites is 5. The average Bonchev–Trinajstić information content (AvgIpc) is 1.56. The Bertz CT molecular complexity index is 9290. The minimum absolute atomic E-state index is 1.12. The zero-order valence-electron chi connectivity index (χ0n) is 69.5. The molecule has 2 aliphatic rings. The second-order valence-corrected chi connectivity index (χ2v) is 34.9. The Morgan fingerprint density at radius 3 is 1.09 bits per heavy atom. The van der Waals surface area contributed by atoms with Crippen LogP contribution in [0, 0.1) is 0 Å². The molecular weight excluding hydrogens is 1550 g/mol. The Labute approximate surface area is 737 Å². The average molecular weight is 1620 g/mol. The zero-order valence-corrected chi connectivity index (χ0v) is 69.5. The van der Waals surface area contributed by atoms with E-state index in [4.69, 9.17) is 0 Å². The van der Waals surface area contributed by atoms with Crippen molar-refractivity contribution < 1.29 is 0 Å². The molecule has 4 aromatic heterocycles. The lowest BCUT2D eigenvalue weighted by atomic mass is 9.92. The summed E-state index contributed by atoms with van der Waals surface area (Å²) in [7, 11) is 0. The Balaban J connectivity index is 0.480. The van der Waals surface area contributed by atoms with Crippen LogP contribution in [0.5, 0.6) is 0 Å². The quantitative estimate of drug-likeness (QED) is 0.123. The lowest BCUT2D eigenvalue weighted by Crippen LogP contribution is -1.98.